The molecule has 1 fully saturated rings. The maximum Gasteiger partial charge on any atom is 0.268 e. The maximum atomic E-state index is 12.2. The number of hydrogen-bond acceptors (Lipinski definition) is 9. The maximum absolute atomic E-state index is 12.2. The van der Waals surface area contributed by atoms with E-state index in [-0.39, 0.29) is 29.8 Å². The predicted octanol–water partition coefficient (Wildman–Crippen LogP) is 0.126. The fourth-order valence-electron chi connectivity index (χ4n) is 3.77. The third kappa shape index (κ3) is 11.0. The first-order valence-electron chi connectivity index (χ1n) is 11.8. The molecular weight excluding hydrogens is 434 g/mol. The molecule has 0 aliphatic heterocycles. The molecule has 1 aliphatic carbocycles. The number of rotatable bonds is 13. The highest BCUT2D eigenvalue weighted by molar-refractivity contribution is 5.92. The molecule has 2 amide bonds. The number of nitrogens with zero attached hydrogens (tertiary/aromatic N) is 3. The normalized spacial score (nSPS) is 15.0. The SMILES string of the molecule is N/C(=C\N(N)CCCCN(N)/C=C(\N)NC(=O)Cc1ccccn1)C(=O)NCC1CCCCC1. The largest absolute Gasteiger partial charge is 0.393 e. The average molecular weight is 474 g/mol. The first-order chi connectivity index (χ1) is 16.3. The van der Waals surface area contributed by atoms with E-state index in [1.54, 1.807) is 18.3 Å². The van der Waals surface area contributed by atoms with Crippen LogP contribution in [0.1, 0.15) is 50.6 Å². The van der Waals surface area contributed by atoms with E-state index in [4.69, 9.17) is 23.2 Å². The van der Waals surface area contributed by atoms with Crippen molar-refractivity contribution in [1.29, 1.82) is 0 Å². The minimum atomic E-state index is -0.292. The van der Waals surface area contributed by atoms with Gasteiger partial charge in [-0.3, -0.25) is 14.6 Å². The fraction of sp³-hybridized carbons (Fsp3) is 0.522. The Labute approximate surface area is 201 Å². The average Bonchev–Trinajstić information content (AvgIpc) is 2.81. The molecular formula is C23H39N9O2. The highest BCUT2D eigenvalue weighted by atomic mass is 16.2. The standard InChI is InChI=1S/C23H39N9O2/c24-20(23(34)29-15-18-8-2-1-3-9-18)16-31(26)12-6-7-13-32(27)17-21(25)30-22(33)14-19-10-4-5-11-28-19/h4-5,10-11,16-18H,1-3,6-9,12-15,24-27H2,(H,29,34)(H,30,33)/b20-16-,21-17+. The number of carbonyl (C=O) groups excluding carboxylic acids is 2. The van der Waals surface area contributed by atoms with Gasteiger partial charge in [0.25, 0.3) is 5.91 Å². The molecule has 34 heavy (non-hydrogen) atoms. The van der Waals surface area contributed by atoms with Gasteiger partial charge >= 0.3 is 0 Å². The second-order valence-corrected chi connectivity index (χ2v) is 8.61. The highest BCUT2D eigenvalue weighted by Crippen LogP contribution is 2.22. The van der Waals surface area contributed by atoms with Gasteiger partial charge in [-0.25, -0.2) is 11.7 Å². The number of carbonyl (C=O) groups is 2. The molecule has 11 heteroatoms. The summed E-state index contributed by atoms with van der Waals surface area (Å²) >= 11 is 0. The first-order valence-corrected chi connectivity index (χ1v) is 11.8. The number of amides is 2. The summed E-state index contributed by atoms with van der Waals surface area (Å²) in [6, 6.07) is 5.37. The molecule has 1 saturated carbocycles. The summed E-state index contributed by atoms with van der Waals surface area (Å²) in [7, 11) is 0. The van der Waals surface area contributed by atoms with Gasteiger partial charge in [-0.1, -0.05) is 25.3 Å². The monoisotopic (exact) mass is 473 g/mol. The summed E-state index contributed by atoms with van der Waals surface area (Å²) < 4.78 is 0. The summed E-state index contributed by atoms with van der Waals surface area (Å²) in [4.78, 5) is 28.3. The third-order valence-electron chi connectivity index (χ3n) is 5.58. The summed E-state index contributed by atoms with van der Waals surface area (Å²) in [6.45, 7) is 1.67. The lowest BCUT2D eigenvalue weighted by Crippen LogP contribution is -2.36. The van der Waals surface area contributed by atoms with Crippen LogP contribution < -0.4 is 33.8 Å². The zero-order valence-electron chi connectivity index (χ0n) is 19.8. The van der Waals surface area contributed by atoms with Crippen molar-refractivity contribution in [1.82, 2.24) is 25.6 Å². The summed E-state index contributed by atoms with van der Waals surface area (Å²) in [5.41, 5.74) is 12.5. The van der Waals surface area contributed by atoms with Crippen LogP contribution in [0.4, 0.5) is 0 Å². The molecule has 2 rings (SSSR count). The first kappa shape index (κ1) is 26.9. The van der Waals surface area contributed by atoms with E-state index >= 15 is 0 Å². The van der Waals surface area contributed by atoms with Crippen molar-refractivity contribution in [2.24, 2.45) is 29.1 Å². The van der Waals surface area contributed by atoms with Crippen molar-refractivity contribution in [3.05, 3.63) is 54.0 Å². The number of hydrazine groups is 2. The second kappa shape index (κ2) is 14.8. The summed E-state index contributed by atoms with van der Waals surface area (Å²) in [5.74, 6) is 12.0. The molecule has 0 aromatic carbocycles. The van der Waals surface area contributed by atoms with E-state index in [2.05, 4.69) is 15.6 Å². The molecule has 0 atom stereocenters. The van der Waals surface area contributed by atoms with Gasteiger partial charge in [0.1, 0.15) is 11.5 Å². The molecule has 0 unspecified atom stereocenters. The Bertz CT molecular complexity index is 823. The van der Waals surface area contributed by atoms with Gasteiger partial charge in [0.2, 0.25) is 5.91 Å². The molecule has 1 aromatic rings. The van der Waals surface area contributed by atoms with Crippen LogP contribution in [0.5, 0.6) is 0 Å². The Kier molecular flexibility index (Phi) is 11.7. The van der Waals surface area contributed by atoms with E-state index in [1.807, 2.05) is 6.07 Å². The Morgan fingerprint density at radius 1 is 1.03 bits per heavy atom. The quantitative estimate of drug-likeness (QED) is 0.100. The Hall–Kier alpha value is -3.31. The molecule has 188 valence electrons. The van der Waals surface area contributed by atoms with Crippen LogP contribution in [0, 0.1) is 5.92 Å². The lowest BCUT2D eigenvalue weighted by Gasteiger charge is -2.22. The summed E-state index contributed by atoms with van der Waals surface area (Å²) in [5, 5.41) is 8.28. The van der Waals surface area contributed by atoms with Crippen LogP contribution >= 0.6 is 0 Å². The molecule has 0 radical (unpaired) electrons. The van der Waals surface area contributed by atoms with Crippen LogP contribution in [0.25, 0.3) is 0 Å². The van der Waals surface area contributed by atoms with Crippen molar-refractivity contribution in [2.45, 2.75) is 51.4 Å². The fourth-order valence-corrected chi connectivity index (χ4v) is 3.77. The van der Waals surface area contributed by atoms with Gasteiger partial charge in [-0.15, -0.1) is 0 Å². The van der Waals surface area contributed by atoms with Crippen LogP contribution in [0.2, 0.25) is 0 Å². The van der Waals surface area contributed by atoms with Crippen molar-refractivity contribution in [2.75, 3.05) is 19.6 Å². The van der Waals surface area contributed by atoms with Crippen molar-refractivity contribution < 1.29 is 9.59 Å². The Balaban J connectivity index is 1.61. The number of hydrogen-bond donors (Lipinski definition) is 6. The van der Waals surface area contributed by atoms with Gasteiger partial charge in [-0.05, 0) is 43.7 Å². The van der Waals surface area contributed by atoms with Crippen LogP contribution in [-0.2, 0) is 16.0 Å². The lowest BCUT2D eigenvalue weighted by molar-refractivity contribution is -0.120. The number of pyridine rings is 1. The molecule has 1 aromatic heterocycles. The van der Waals surface area contributed by atoms with Gasteiger partial charge in [0, 0.05) is 37.7 Å². The van der Waals surface area contributed by atoms with Gasteiger partial charge in [0.15, 0.2) is 0 Å². The lowest BCUT2D eigenvalue weighted by atomic mass is 9.89. The van der Waals surface area contributed by atoms with Gasteiger partial charge in [-0.2, -0.15) is 0 Å². The van der Waals surface area contributed by atoms with Crippen LogP contribution in [0.15, 0.2) is 48.3 Å². The number of aromatic nitrogens is 1. The minimum Gasteiger partial charge on any atom is -0.393 e. The Morgan fingerprint density at radius 2 is 1.71 bits per heavy atom. The second-order valence-electron chi connectivity index (χ2n) is 8.61. The van der Waals surface area contributed by atoms with Crippen LogP contribution in [0.3, 0.4) is 0 Å². The van der Waals surface area contributed by atoms with Crippen molar-refractivity contribution in [3.8, 4) is 0 Å². The number of unbranched alkanes of at least 4 members (excludes halogenated alkanes) is 1. The van der Waals surface area contributed by atoms with Gasteiger partial charge in [0.05, 0.1) is 12.6 Å². The molecule has 1 heterocycles. The molecule has 0 bridgehead atoms. The molecule has 10 N–H and O–H groups in total. The van der Waals surface area contributed by atoms with E-state index in [9.17, 15) is 9.59 Å². The smallest absolute Gasteiger partial charge is 0.268 e. The molecule has 0 spiro atoms. The zero-order chi connectivity index (χ0) is 24.8. The van der Waals surface area contributed by atoms with E-state index in [0.717, 1.165) is 25.7 Å². The van der Waals surface area contributed by atoms with Gasteiger partial charge < -0.3 is 32.1 Å². The molecule has 0 saturated heterocycles. The highest BCUT2D eigenvalue weighted by Gasteiger charge is 2.15. The minimum absolute atomic E-state index is 0.0934. The zero-order valence-corrected chi connectivity index (χ0v) is 19.8. The number of nitrogens with two attached hydrogens (primary N) is 4. The third-order valence-corrected chi connectivity index (χ3v) is 5.58. The van der Waals surface area contributed by atoms with E-state index in [1.165, 1.54) is 41.7 Å². The Morgan fingerprint density at radius 3 is 2.35 bits per heavy atom. The topological polar surface area (TPSA) is 182 Å². The van der Waals surface area contributed by atoms with Crippen LogP contribution in [-0.4, -0.2) is 46.5 Å². The number of nitrogens with one attached hydrogen (secondary N) is 2. The van der Waals surface area contributed by atoms with E-state index < -0.39 is 0 Å². The summed E-state index contributed by atoms with van der Waals surface area (Å²) in [6.07, 6.45) is 12.2. The molecule has 1 aliphatic rings. The van der Waals surface area contributed by atoms with E-state index in [0.29, 0.717) is 31.2 Å². The van der Waals surface area contributed by atoms with Crippen molar-refractivity contribution in [3.63, 3.8) is 0 Å². The van der Waals surface area contributed by atoms with Crippen molar-refractivity contribution >= 4 is 11.8 Å². The molecule has 11 nitrogen and oxygen atoms in total. The predicted molar refractivity (Wildman–Crippen MR) is 131 cm³/mol.